The van der Waals surface area contributed by atoms with E-state index in [0.29, 0.717) is 31.1 Å². The number of amides is 1. The van der Waals surface area contributed by atoms with Crippen LogP contribution in [0.5, 0.6) is 0 Å². The van der Waals surface area contributed by atoms with Crippen LogP contribution in [0.4, 0.5) is 0 Å². The summed E-state index contributed by atoms with van der Waals surface area (Å²) < 4.78 is 5.19. The number of benzene rings is 1. The molecular formula is C15H19N3O2. The maximum Gasteiger partial charge on any atom is 0.227 e. The summed E-state index contributed by atoms with van der Waals surface area (Å²) in [6.45, 7) is 4.73. The van der Waals surface area contributed by atoms with Crippen LogP contribution in [0.1, 0.15) is 31.2 Å². The van der Waals surface area contributed by atoms with Gasteiger partial charge in [-0.2, -0.15) is 4.98 Å². The molecule has 0 atom stereocenters. The first kappa shape index (κ1) is 14.2. The maximum absolute atomic E-state index is 11.5. The van der Waals surface area contributed by atoms with Crippen molar-refractivity contribution in [1.82, 2.24) is 15.5 Å². The molecule has 2 rings (SSSR count). The van der Waals surface area contributed by atoms with E-state index in [1.54, 1.807) is 0 Å². The molecule has 1 aromatic heterocycles. The molecule has 5 heteroatoms. The van der Waals surface area contributed by atoms with E-state index >= 15 is 0 Å². The Kier molecular flexibility index (Phi) is 4.87. The topological polar surface area (TPSA) is 68.0 Å². The quantitative estimate of drug-likeness (QED) is 0.878. The average Bonchev–Trinajstić information content (AvgIpc) is 2.92. The summed E-state index contributed by atoms with van der Waals surface area (Å²) in [5.74, 6) is 1.09. The highest BCUT2D eigenvalue weighted by Crippen LogP contribution is 2.19. The van der Waals surface area contributed by atoms with Gasteiger partial charge in [-0.05, 0) is 18.9 Å². The van der Waals surface area contributed by atoms with Gasteiger partial charge in [-0.1, -0.05) is 36.3 Å². The van der Waals surface area contributed by atoms with E-state index in [0.717, 1.165) is 17.5 Å². The number of aromatic nitrogens is 2. The Bertz CT molecular complexity index is 578. The Labute approximate surface area is 118 Å². The molecule has 0 bridgehead atoms. The summed E-state index contributed by atoms with van der Waals surface area (Å²) in [4.78, 5) is 15.8. The molecule has 0 radical (unpaired) electrons. The lowest BCUT2D eigenvalue weighted by Gasteiger charge is -2.00. The lowest BCUT2D eigenvalue weighted by molar-refractivity contribution is -0.121. The molecule has 0 fully saturated rings. The van der Waals surface area contributed by atoms with Gasteiger partial charge < -0.3 is 9.84 Å². The minimum Gasteiger partial charge on any atom is -0.356 e. The van der Waals surface area contributed by atoms with Crippen LogP contribution in [-0.4, -0.2) is 22.6 Å². The number of carbonyl (C=O) groups excluding carboxylic acids is 1. The molecule has 0 saturated carbocycles. The lowest BCUT2D eigenvalue weighted by Crippen LogP contribution is -2.24. The first-order valence-electron chi connectivity index (χ1n) is 6.86. The second-order valence-corrected chi connectivity index (χ2v) is 4.68. The van der Waals surface area contributed by atoms with E-state index < -0.39 is 0 Å². The van der Waals surface area contributed by atoms with Gasteiger partial charge in [0.15, 0.2) is 0 Å². The molecule has 0 spiro atoms. The third-order valence-electron chi connectivity index (χ3n) is 2.99. The Balaban J connectivity index is 1.96. The lowest BCUT2D eigenvalue weighted by atomic mass is 10.1. The van der Waals surface area contributed by atoms with Crippen molar-refractivity contribution in [2.75, 3.05) is 6.54 Å². The minimum atomic E-state index is 0.0162. The monoisotopic (exact) mass is 273 g/mol. The van der Waals surface area contributed by atoms with Crippen LogP contribution in [-0.2, 0) is 11.2 Å². The Morgan fingerprint density at radius 1 is 1.35 bits per heavy atom. The molecule has 0 aliphatic rings. The highest BCUT2D eigenvalue weighted by atomic mass is 16.5. The number of nitrogens with zero attached hydrogens (tertiary/aromatic N) is 2. The average molecular weight is 273 g/mol. The van der Waals surface area contributed by atoms with E-state index in [2.05, 4.69) is 15.5 Å². The van der Waals surface area contributed by atoms with E-state index in [1.807, 2.05) is 38.1 Å². The SMILES string of the molecule is CCCNC(=O)CCc1nc(-c2ccccc2C)no1. The number of hydrogen-bond donors (Lipinski definition) is 1. The molecule has 0 unspecified atom stereocenters. The molecular weight excluding hydrogens is 254 g/mol. The van der Waals surface area contributed by atoms with Crippen LogP contribution in [0.3, 0.4) is 0 Å². The summed E-state index contributed by atoms with van der Waals surface area (Å²) in [6.07, 6.45) is 1.77. The smallest absolute Gasteiger partial charge is 0.227 e. The summed E-state index contributed by atoms with van der Waals surface area (Å²) in [7, 11) is 0. The molecule has 0 saturated heterocycles. The number of carbonyl (C=O) groups is 1. The largest absolute Gasteiger partial charge is 0.356 e. The Morgan fingerprint density at radius 2 is 2.15 bits per heavy atom. The predicted octanol–water partition coefficient (Wildman–Crippen LogP) is 2.50. The zero-order chi connectivity index (χ0) is 14.4. The predicted molar refractivity (Wildman–Crippen MR) is 76.1 cm³/mol. The van der Waals surface area contributed by atoms with Gasteiger partial charge in [0.25, 0.3) is 0 Å². The van der Waals surface area contributed by atoms with Crippen LogP contribution in [0.15, 0.2) is 28.8 Å². The van der Waals surface area contributed by atoms with Crippen molar-refractivity contribution < 1.29 is 9.32 Å². The minimum absolute atomic E-state index is 0.0162. The van der Waals surface area contributed by atoms with Crippen molar-refractivity contribution in [2.24, 2.45) is 0 Å². The fourth-order valence-electron chi connectivity index (χ4n) is 1.86. The number of rotatable bonds is 6. The summed E-state index contributed by atoms with van der Waals surface area (Å²) in [5.41, 5.74) is 2.05. The normalized spacial score (nSPS) is 10.5. The first-order valence-corrected chi connectivity index (χ1v) is 6.86. The fourth-order valence-corrected chi connectivity index (χ4v) is 1.86. The first-order chi connectivity index (χ1) is 9.70. The van der Waals surface area contributed by atoms with Crippen molar-refractivity contribution in [1.29, 1.82) is 0 Å². The second kappa shape index (κ2) is 6.84. The van der Waals surface area contributed by atoms with Gasteiger partial charge in [0.1, 0.15) is 0 Å². The van der Waals surface area contributed by atoms with Gasteiger partial charge in [0, 0.05) is 24.9 Å². The van der Waals surface area contributed by atoms with Crippen molar-refractivity contribution in [3.63, 3.8) is 0 Å². The molecule has 0 aliphatic heterocycles. The zero-order valence-electron chi connectivity index (χ0n) is 11.8. The van der Waals surface area contributed by atoms with Crippen molar-refractivity contribution in [3.05, 3.63) is 35.7 Å². The van der Waals surface area contributed by atoms with E-state index in [-0.39, 0.29) is 5.91 Å². The van der Waals surface area contributed by atoms with Gasteiger partial charge >= 0.3 is 0 Å². The summed E-state index contributed by atoms with van der Waals surface area (Å²) in [6, 6.07) is 7.87. The van der Waals surface area contributed by atoms with Crippen molar-refractivity contribution >= 4 is 5.91 Å². The Morgan fingerprint density at radius 3 is 2.90 bits per heavy atom. The van der Waals surface area contributed by atoms with Crippen LogP contribution in [0.25, 0.3) is 11.4 Å². The van der Waals surface area contributed by atoms with Gasteiger partial charge in [-0.25, -0.2) is 0 Å². The standard InChI is InChI=1S/C15H19N3O2/c1-3-10-16-13(19)8-9-14-17-15(18-20-14)12-7-5-4-6-11(12)2/h4-7H,3,8-10H2,1-2H3,(H,16,19). The molecule has 1 N–H and O–H groups in total. The summed E-state index contributed by atoms with van der Waals surface area (Å²) >= 11 is 0. The fraction of sp³-hybridized carbons (Fsp3) is 0.400. The van der Waals surface area contributed by atoms with E-state index in [1.165, 1.54) is 0 Å². The molecule has 20 heavy (non-hydrogen) atoms. The van der Waals surface area contributed by atoms with Crippen LogP contribution in [0.2, 0.25) is 0 Å². The number of nitrogens with one attached hydrogen (secondary N) is 1. The zero-order valence-corrected chi connectivity index (χ0v) is 11.8. The molecule has 5 nitrogen and oxygen atoms in total. The van der Waals surface area contributed by atoms with Gasteiger partial charge in [0.2, 0.25) is 17.6 Å². The van der Waals surface area contributed by atoms with Gasteiger partial charge in [0.05, 0.1) is 0 Å². The maximum atomic E-state index is 11.5. The number of aryl methyl sites for hydroxylation is 2. The molecule has 1 amide bonds. The van der Waals surface area contributed by atoms with Crippen molar-refractivity contribution in [2.45, 2.75) is 33.1 Å². The highest BCUT2D eigenvalue weighted by Gasteiger charge is 2.11. The molecule has 106 valence electrons. The third kappa shape index (κ3) is 3.66. The van der Waals surface area contributed by atoms with Gasteiger partial charge in [-0.3, -0.25) is 4.79 Å². The van der Waals surface area contributed by atoms with Gasteiger partial charge in [-0.15, -0.1) is 0 Å². The molecule has 2 aromatic rings. The molecule has 1 aromatic carbocycles. The van der Waals surface area contributed by atoms with Crippen molar-refractivity contribution in [3.8, 4) is 11.4 Å². The molecule has 1 heterocycles. The van der Waals surface area contributed by atoms with Crippen LogP contribution in [0, 0.1) is 6.92 Å². The van der Waals surface area contributed by atoms with E-state index in [9.17, 15) is 4.79 Å². The Hall–Kier alpha value is -2.17. The van der Waals surface area contributed by atoms with Crippen LogP contribution < -0.4 is 5.32 Å². The third-order valence-corrected chi connectivity index (χ3v) is 2.99. The number of hydrogen-bond acceptors (Lipinski definition) is 4. The summed E-state index contributed by atoms with van der Waals surface area (Å²) in [5, 5.41) is 6.79. The van der Waals surface area contributed by atoms with Crippen LogP contribution >= 0.6 is 0 Å². The highest BCUT2D eigenvalue weighted by molar-refractivity contribution is 5.75. The molecule has 0 aliphatic carbocycles. The second-order valence-electron chi connectivity index (χ2n) is 4.68. The van der Waals surface area contributed by atoms with E-state index in [4.69, 9.17) is 4.52 Å².